The molecule has 98 valence electrons. The standard InChI is InChI=1S/C14H13Cl2N3/c15-10-7-12(16)14(18-8-10)19-11-3-4-13-9(6-11)2-1-5-17-13/h3-4,6-8,17H,1-2,5H2,(H,18,19). The lowest BCUT2D eigenvalue weighted by Gasteiger charge is -2.19. The van der Waals surface area contributed by atoms with Gasteiger partial charge in [-0.05, 0) is 42.7 Å². The van der Waals surface area contributed by atoms with Crippen molar-refractivity contribution in [3.8, 4) is 0 Å². The topological polar surface area (TPSA) is 37.0 Å². The third-order valence-corrected chi connectivity index (χ3v) is 3.61. The average molecular weight is 294 g/mol. The normalized spacial score (nSPS) is 13.6. The van der Waals surface area contributed by atoms with E-state index in [1.54, 1.807) is 12.3 Å². The van der Waals surface area contributed by atoms with Crippen LogP contribution in [0.3, 0.4) is 0 Å². The van der Waals surface area contributed by atoms with Crippen molar-refractivity contribution in [3.63, 3.8) is 0 Å². The van der Waals surface area contributed by atoms with Crippen molar-refractivity contribution in [1.82, 2.24) is 4.98 Å². The summed E-state index contributed by atoms with van der Waals surface area (Å²) < 4.78 is 0. The van der Waals surface area contributed by atoms with E-state index in [9.17, 15) is 0 Å². The Balaban J connectivity index is 1.87. The molecule has 0 fully saturated rings. The van der Waals surface area contributed by atoms with Gasteiger partial charge in [0.2, 0.25) is 0 Å². The minimum Gasteiger partial charge on any atom is -0.385 e. The predicted octanol–water partition coefficient (Wildman–Crippen LogP) is 4.49. The number of halogens is 2. The number of pyridine rings is 1. The Bertz CT molecular complexity index is 614. The second-order valence-electron chi connectivity index (χ2n) is 4.51. The number of nitrogens with zero attached hydrogens (tertiary/aromatic N) is 1. The molecule has 1 aromatic carbocycles. The highest BCUT2D eigenvalue weighted by atomic mass is 35.5. The first kappa shape index (κ1) is 12.6. The number of aryl methyl sites for hydroxylation is 1. The highest BCUT2D eigenvalue weighted by Gasteiger charge is 2.10. The van der Waals surface area contributed by atoms with Crippen LogP contribution in [0.2, 0.25) is 10.0 Å². The number of rotatable bonds is 2. The van der Waals surface area contributed by atoms with E-state index in [-0.39, 0.29) is 0 Å². The van der Waals surface area contributed by atoms with Crippen molar-refractivity contribution < 1.29 is 0 Å². The van der Waals surface area contributed by atoms with Gasteiger partial charge in [0, 0.05) is 24.1 Å². The van der Waals surface area contributed by atoms with Crippen LogP contribution < -0.4 is 10.6 Å². The molecule has 0 aliphatic carbocycles. The van der Waals surface area contributed by atoms with Crippen LogP contribution in [0.1, 0.15) is 12.0 Å². The molecular formula is C14H13Cl2N3. The van der Waals surface area contributed by atoms with Gasteiger partial charge in [0.05, 0.1) is 10.0 Å². The number of nitrogens with one attached hydrogen (secondary N) is 2. The predicted molar refractivity (Wildman–Crippen MR) is 80.8 cm³/mol. The molecule has 5 heteroatoms. The minimum absolute atomic E-state index is 0.517. The fraction of sp³-hybridized carbons (Fsp3) is 0.214. The first-order valence-electron chi connectivity index (χ1n) is 6.17. The second kappa shape index (κ2) is 5.27. The first-order valence-corrected chi connectivity index (χ1v) is 6.93. The van der Waals surface area contributed by atoms with Crippen LogP contribution in [-0.2, 0) is 6.42 Å². The number of aromatic nitrogens is 1. The van der Waals surface area contributed by atoms with E-state index in [2.05, 4.69) is 27.8 Å². The molecule has 3 rings (SSSR count). The fourth-order valence-electron chi connectivity index (χ4n) is 2.20. The van der Waals surface area contributed by atoms with Crippen molar-refractivity contribution in [3.05, 3.63) is 46.1 Å². The molecule has 0 unspecified atom stereocenters. The van der Waals surface area contributed by atoms with E-state index >= 15 is 0 Å². The number of anilines is 3. The average Bonchev–Trinajstić information content (AvgIpc) is 2.42. The zero-order valence-electron chi connectivity index (χ0n) is 10.2. The Morgan fingerprint density at radius 3 is 2.95 bits per heavy atom. The van der Waals surface area contributed by atoms with Crippen LogP contribution in [0, 0.1) is 0 Å². The summed E-state index contributed by atoms with van der Waals surface area (Å²) in [5.74, 6) is 0.620. The summed E-state index contributed by atoms with van der Waals surface area (Å²) in [6.45, 7) is 1.05. The molecule has 0 bridgehead atoms. The lowest BCUT2D eigenvalue weighted by Crippen LogP contribution is -2.11. The van der Waals surface area contributed by atoms with E-state index in [1.807, 2.05) is 6.07 Å². The molecule has 0 saturated heterocycles. The minimum atomic E-state index is 0.517. The van der Waals surface area contributed by atoms with Gasteiger partial charge in [0.15, 0.2) is 0 Å². The van der Waals surface area contributed by atoms with Gasteiger partial charge in [-0.25, -0.2) is 4.98 Å². The van der Waals surface area contributed by atoms with Crippen LogP contribution >= 0.6 is 23.2 Å². The highest BCUT2D eigenvalue weighted by Crippen LogP contribution is 2.29. The summed E-state index contributed by atoms with van der Waals surface area (Å²) in [6.07, 6.45) is 3.84. The van der Waals surface area contributed by atoms with Crippen LogP contribution in [0.25, 0.3) is 0 Å². The Labute approximate surface area is 122 Å². The van der Waals surface area contributed by atoms with E-state index < -0.39 is 0 Å². The number of fused-ring (bicyclic) bond motifs is 1. The molecule has 0 atom stereocenters. The summed E-state index contributed by atoms with van der Waals surface area (Å²) in [5, 5.41) is 7.66. The van der Waals surface area contributed by atoms with Gasteiger partial charge < -0.3 is 10.6 Å². The maximum atomic E-state index is 6.10. The number of hydrogen-bond donors (Lipinski definition) is 2. The van der Waals surface area contributed by atoms with E-state index in [1.165, 1.54) is 11.3 Å². The van der Waals surface area contributed by atoms with Gasteiger partial charge in [-0.2, -0.15) is 0 Å². The molecule has 0 saturated carbocycles. The Kier molecular flexibility index (Phi) is 3.49. The summed E-state index contributed by atoms with van der Waals surface area (Å²) in [5.41, 5.74) is 3.52. The summed E-state index contributed by atoms with van der Waals surface area (Å²) in [7, 11) is 0. The van der Waals surface area contributed by atoms with Crippen molar-refractivity contribution in [2.75, 3.05) is 17.2 Å². The third kappa shape index (κ3) is 2.77. The van der Waals surface area contributed by atoms with E-state index in [0.29, 0.717) is 15.9 Å². The molecule has 2 heterocycles. The molecule has 1 aromatic heterocycles. The van der Waals surface area contributed by atoms with E-state index in [0.717, 1.165) is 25.1 Å². The van der Waals surface area contributed by atoms with Crippen molar-refractivity contribution in [2.24, 2.45) is 0 Å². The Morgan fingerprint density at radius 1 is 1.21 bits per heavy atom. The molecule has 2 aromatic rings. The first-order chi connectivity index (χ1) is 9.22. The molecule has 0 spiro atoms. The van der Waals surface area contributed by atoms with Crippen LogP contribution in [0.15, 0.2) is 30.5 Å². The summed E-state index contributed by atoms with van der Waals surface area (Å²) >= 11 is 11.9. The van der Waals surface area contributed by atoms with Gasteiger partial charge in [0.25, 0.3) is 0 Å². The second-order valence-corrected chi connectivity index (χ2v) is 5.35. The highest BCUT2D eigenvalue weighted by molar-refractivity contribution is 6.36. The molecule has 0 radical (unpaired) electrons. The molecule has 1 aliphatic heterocycles. The van der Waals surface area contributed by atoms with Crippen LogP contribution in [0.4, 0.5) is 17.2 Å². The molecule has 19 heavy (non-hydrogen) atoms. The Morgan fingerprint density at radius 2 is 2.11 bits per heavy atom. The molecular weight excluding hydrogens is 281 g/mol. The SMILES string of the molecule is Clc1cnc(Nc2ccc3c(c2)CCCN3)c(Cl)c1. The molecule has 0 amide bonds. The van der Waals surface area contributed by atoms with Gasteiger partial charge in [-0.1, -0.05) is 23.2 Å². The maximum Gasteiger partial charge on any atom is 0.149 e. The van der Waals surface area contributed by atoms with Crippen molar-refractivity contribution in [2.45, 2.75) is 12.8 Å². The summed E-state index contributed by atoms with van der Waals surface area (Å²) in [4.78, 5) is 4.19. The number of benzene rings is 1. The Hall–Kier alpha value is -1.45. The van der Waals surface area contributed by atoms with Crippen molar-refractivity contribution in [1.29, 1.82) is 0 Å². The zero-order valence-corrected chi connectivity index (χ0v) is 11.7. The third-order valence-electron chi connectivity index (χ3n) is 3.11. The van der Waals surface area contributed by atoms with Gasteiger partial charge in [0.1, 0.15) is 5.82 Å². The maximum absolute atomic E-state index is 6.10. The molecule has 2 N–H and O–H groups in total. The largest absolute Gasteiger partial charge is 0.385 e. The lowest BCUT2D eigenvalue weighted by atomic mass is 10.0. The fourth-order valence-corrected chi connectivity index (χ4v) is 2.62. The molecule has 3 nitrogen and oxygen atoms in total. The van der Waals surface area contributed by atoms with Gasteiger partial charge >= 0.3 is 0 Å². The van der Waals surface area contributed by atoms with Gasteiger partial charge in [-0.15, -0.1) is 0 Å². The van der Waals surface area contributed by atoms with Crippen molar-refractivity contribution >= 4 is 40.4 Å². The van der Waals surface area contributed by atoms with Crippen LogP contribution in [0.5, 0.6) is 0 Å². The van der Waals surface area contributed by atoms with E-state index in [4.69, 9.17) is 23.2 Å². The summed E-state index contributed by atoms with van der Waals surface area (Å²) in [6, 6.07) is 7.91. The molecule has 1 aliphatic rings. The number of hydrogen-bond acceptors (Lipinski definition) is 3. The monoisotopic (exact) mass is 293 g/mol. The zero-order chi connectivity index (χ0) is 13.2. The smallest absolute Gasteiger partial charge is 0.149 e. The van der Waals surface area contributed by atoms with Gasteiger partial charge in [-0.3, -0.25) is 0 Å². The quantitative estimate of drug-likeness (QED) is 0.856. The lowest BCUT2D eigenvalue weighted by molar-refractivity contribution is 0.830. The van der Waals surface area contributed by atoms with Crippen LogP contribution in [-0.4, -0.2) is 11.5 Å².